The molecule has 0 spiro atoms. The second-order valence-corrected chi connectivity index (χ2v) is 6.77. The Morgan fingerprint density at radius 2 is 1.79 bits per heavy atom. The van der Waals surface area contributed by atoms with Crippen LogP contribution in [0.5, 0.6) is 0 Å². The molecule has 0 atom stereocenters. The molecule has 1 aliphatic carbocycles. The van der Waals surface area contributed by atoms with Crippen LogP contribution in [0.2, 0.25) is 0 Å². The van der Waals surface area contributed by atoms with E-state index in [1.54, 1.807) is 0 Å². The normalized spacial score (nSPS) is 19.1. The van der Waals surface area contributed by atoms with Crippen LogP contribution in [-0.4, -0.2) is 11.5 Å². The first-order chi connectivity index (χ1) is 9.15. The molecule has 106 valence electrons. The van der Waals surface area contributed by atoms with E-state index in [9.17, 15) is 8.78 Å². The maximum atomic E-state index is 13.6. The summed E-state index contributed by atoms with van der Waals surface area (Å²) in [5, 5.41) is 0. The van der Waals surface area contributed by atoms with Crippen LogP contribution < -0.4 is 0 Å². The standard InChI is InChI=1S/C15H20F2S2/c16-12-5-6-13(17)14(9-12)19-11-15(10-18)7-3-1-2-4-8-15/h5-6,9,18H,1-4,7-8,10-11H2. The van der Waals surface area contributed by atoms with Crippen molar-refractivity contribution < 1.29 is 8.78 Å². The van der Waals surface area contributed by atoms with Crippen molar-refractivity contribution in [2.24, 2.45) is 5.41 Å². The summed E-state index contributed by atoms with van der Waals surface area (Å²) in [6, 6.07) is 3.67. The summed E-state index contributed by atoms with van der Waals surface area (Å²) in [4.78, 5) is 0.422. The minimum absolute atomic E-state index is 0.184. The molecule has 0 radical (unpaired) electrons. The Balaban J connectivity index is 2.04. The number of thiol groups is 1. The zero-order valence-corrected chi connectivity index (χ0v) is 12.7. The monoisotopic (exact) mass is 302 g/mol. The summed E-state index contributed by atoms with van der Waals surface area (Å²) in [5.41, 5.74) is 0.184. The van der Waals surface area contributed by atoms with E-state index in [1.165, 1.54) is 55.6 Å². The third kappa shape index (κ3) is 4.12. The first-order valence-corrected chi connectivity index (χ1v) is 8.46. The van der Waals surface area contributed by atoms with E-state index in [0.29, 0.717) is 4.90 Å². The molecule has 2 rings (SSSR count). The molecule has 0 aliphatic heterocycles. The number of thioether (sulfide) groups is 1. The van der Waals surface area contributed by atoms with Gasteiger partial charge in [-0.3, -0.25) is 0 Å². The summed E-state index contributed by atoms with van der Waals surface area (Å²) in [7, 11) is 0. The third-order valence-corrected chi connectivity index (χ3v) is 5.98. The molecule has 19 heavy (non-hydrogen) atoms. The van der Waals surface area contributed by atoms with Gasteiger partial charge in [0.25, 0.3) is 0 Å². The molecule has 0 amide bonds. The summed E-state index contributed by atoms with van der Waals surface area (Å²) < 4.78 is 26.8. The fourth-order valence-electron chi connectivity index (χ4n) is 2.65. The van der Waals surface area contributed by atoms with E-state index in [-0.39, 0.29) is 17.0 Å². The Morgan fingerprint density at radius 3 is 2.42 bits per heavy atom. The average molecular weight is 302 g/mol. The second kappa shape index (κ2) is 6.98. The van der Waals surface area contributed by atoms with E-state index in [1.807, 2.05) is 0 Å². The Bertz CT molecular complexity index is 413. The maximum Gasteiger partial charge on any atom is 0.136 e. The lowest BCUT2D eigenvalue weighted by Gasteiger charge is -2.30. The molecule has 4 heteroatoms. The summed E-state index contributed by atoms with van der Waals surface area (Å²) >= 11 is 5.95. The van der Waals surface area contributed by atoms with Gasteiger partial charge in [-0.1, -0.05) is 25.7 Å². The van der Waals surface area contributed by atoms with Crippen LogP contribution in [0.1, 0.15) is 38.5 Å². The van der Waals surface area contributed by atoms with E-state index < -0.39 is 0 Å². The van der Waals surface area contributed by atoms with E-state index in [4.69, 9.17) is 0 Å². The predicted octanol–water partition coefficient (Wildman–Crippen LogP) is 5.33. The van der Waals surface area contributed by atoms with Crippen LogP contribution in [0.3, 0.4) is 0 Å². The number of benzene rings is 1. The van der Waals surface area contributed by atoms with Gasteiger partial charge in [0.2, 0.25) is 0 Å². The highest BCUT2D eigenvalue weighted by atomic mass is 32.2. The van der Waals surface area contributed by atoms with Crippen molar-refractivity contribution in [1.82, 2.24) is 0 Å². The van der Waals surface area contributed by atoms with Gasteiger partial charge < -0.3 is 0 Å². The van der Waals surface area contributed by atoms with Crippen LogP contribution in [0, 0.1) is 17.0 Å². The molecule has 0 heterocycles. The molecular formula is C15H20F2S2. The number of rotatable bonds is 4. The van der Waals surface area contributed by atoms with Crippen molar-refractivity contribution >= 4 is 24.4 Å². The van der Waals surface area contributed by atoms with Crippen LogP contribution in [0.15, 0.2) is 23.1 Å². The van der Waals surface area contributed by atoms with E-state index in [0.717, 1.165) is 24.3 Å². The molecule has 0 saturated heterocycles. The third-order valence-electron chi connectivity index (χ3n) is 3.93. The van der Waals surface area contributed by atoms with Gasteiger partial charge in [-0.2, -0.15) is 12.6 Å². The molecule has 1 aromatic carbocycles. The smallest absolute Gasteiger partial charge is 0.136 e. The molecule has 0 nitrogen and oxygen atoms in total. The highest BCUT2D eigenvalue weighted by molar-refractivity contribution is 7.99. The molecule has 1 aromatic rings. The molecule has 1 fully saturated rings. The van der Waals surface area contributed by atoms with Crippen molar-refractivity contribution in [3.8, 4) is 0 Å². The topological polar surface area (TPSA) is 0 Å². The molecule has 1 saturated carbocycles. The van der Waals surface area contributed by atoms with Gasteiger partial charge in [-0.05, 0) is 42.2 Å². The Morgan fingerprint density at radius 1 is 1.11 bits per heavy atom. The summed E-state index contributed by atoms with van der Waals surface area (Å²) in [5.74, 6) is 0.965. The van der Waals surface area contributed by atoms with Gasteiger partial charge in [0, 0.05) is 10.6 Å². The number of hydrogen-bond donors (Lipinski definition) is 1. The van der Waals surface area contributed by atoms with Gasteiger partial charge in [0.15, 0.2) is 0 Å². The van der Waals surface area contributed by atoms with Gasteiger partial charge in [-0.25, -0.2) is 8.78 Å². The molecule has 1 aliphatic rings. The van der Waals surface area contributed by atoms with Gasteiger partial charge in [-0.15, -0.1) is 11.8 Å². The van der Waals surface area contributed by atoms with Gasteiger partial charge in [0.1, 0.15) is 11.6 Å². The van der Waals surface area contributed by atoms with Crippen LogP contribution >= 0.6 is 24.4 Å². The van der Waals surface area contributed by atoms with Crippen molar-refractivity contribution in [2.45, 2.75) is 43.4 Å². The molecule has 0 aromatic heterocycles. The first kappa shape index (κ1) is 15.2. The van der Waals surface area contributed by atoms with Crippen LogP contribution in [-0.2, 0) is 0 Å². The largest absolute Gasteiger partial charge is 0.207 e. The first-order valence-electron chi connectivity index (χ1n) is 6.84. The second-order valence-electron chi connectivity index (χ2n) is 5.44. The molecule has 0 N–H and O–H groups in total. The Kier molecular flexibility index (Phi) is 5.58. The van der Waals surface area contributed by atoms with E-state index in [2.05, 4.69) is 12.6 Å². The fourth-order valence-corrected chi connectivity index (χ4v) is 4.48. The zero-order chi connectivity index (χ0) is 13.7. The van der Waals surface area contributed by atoms with Crippen molar-refractivity contribution in [2.75, 3.05) is 11.5 Å². The van der Waals surface area contributed by atoms with Gasteiger partial charge >= 0.3 is 0 Å². The quantitative estimate of drug-likeness (QED) is 0.446. The summed E-state index contributed by atoms with van der Waals surface area (Å²) in [6.07, 6.45) is 7.34. The van der Waals surface area contributed by atoms with Crippen LogP contribution in [0.25, 0.3) is 0 Å². The SMILES string of the molecule is Fc1ccc(F)c(SCC2(CS)CCCCCC2)c1. The van der Waals surface area contributed by atoms with Crippen LogP contribution in [0.4, 0.5) is 8.78 Å². The highest BCUT2D eigenvalue weighted by Crippen LogP contribution is 2.41. The predicted molar refractivity (Wildman–Crippen MR) is 81.1 cm³/mol. The molecule has 0 bridgehead atoms. The molecule has 0 unspecified atom stereocenters. The Hall–Kier alpha value is -0.220. The lowest BCUT2D eigenvalue weighted by molar-refractivity contribution is 0.332. The fraction of sp³-hybridized carbons (Fsp3) is 0.600. The van der Waals surface area contributed by atoms with E-state index >= 15 is 0 Å². The van der Waals surface area contributed by atoms with Crippen molar-refractivity contribution in [3.05, 3.63) is 29.8 Å². The lowest BCUT2D eigenvalue weighted by Crippen LogP contribution is -2.25. The molecular weight excluding hydrogens is 282 g/mol. The number of halogens is 2. The summed E-state index contributed by atoms with van der Waals surface area (Å²) in [6.45, 7) is 0. The minimum Gasteiger partial charge on any atom is -0.207 e. The zero-order valence-electron chi connectivity index (χ0n) is 11.0. The maximum absolute atomic E-state index is 13.6. The Labute approximate surface area is 123 Å². The van der Waals surface area contributed by atoms with Gasteiger partial charge in [0.05, 0.1) is 0 Å². The average Bonchev–Trinajstić information content (AvgIpc) is 2.66. The minimum atomic E-state index is -0.371. The number of hydrogen-bond acceptors (Lipinski definition) is 2. The van der Waals surface area contributed by atoms with Crippen molar-refractivity contribution in [3.63, 3.8) is 0 Å². The highest BCUT2D eigenvalue weighted by Gasteiger charge is 2.29. The van der Waals surface area contributed by atoms with Crippen molar-refractivity contribution in [1.29, 1.82) is 0 Å². The lowest BCUT2D eigenvalue weighted by atomic mass is 9.84.